The number of ether oxygens (including phenoxy) is 3. The van der Waals surface area contributed by atoms with E-state index in [1.165, 1.54) is 12.7 Å². The number of nitrogens with one attached hydrogen (secondary N) is 2. The monoisotopic (exact) mass is 585 g/mol. The normalized spacial score (nSPS) is 32.7. The summed E-state index contributed by atoms with van der Waals surface area (Å²) in [5.41, 5.74) is 2.15. The van der Waals surface area contributed by atoms with Crippen molar-refractivity contribution in [1.29, 1.82) is 0 Å². The van der Waals surface area contributed by atoms with E-state index in [2.05, 4.69) is 39.5 Å². The van der Waals surface area contributed by atoms with Gasteiger partial charge in [0.1, 0.15) is 11.7 Å². The van der Waals surface area contributed by atoms with E-state index in [0.717, 1.165) is 42.7 Å². The van der Waals surface area contributed by atoms with Crippen LogP contribution in [0.25, 0.3) is 0 Å². The van der Waals surface area contributed by atoms with Crippen LogP contribution in [-0.2, 0) is 42.1 Å². The van der Waals surface area contributed by atoms with Gasteiger partial charge in [-0.25, -0.2) is 4.79 Å². The summed E-state index contributed by atoms with van der Waals surface area (Å²) in [5, 5.41) is 16.9. The highest BCUT2D eigenvalue weighted by atomic mass is 16.6. The number of methoxy groups -OCH3 is 2. The number of hydrogen-bond donors (Lipinski definition) is 3. The van der Waals surface area contributed by atoms with Crippen LogP contribution in [0.1, 0.15) is 29.5 Å². The maximum atomic E-state index is 13.5. The summed E-state index contributed by atoms with van der Waals surface area (Å²) < 4.78 is 17.5. The molecular formula is C33H35N3O7. The van der Waals surface area contributed by atoms with Gasteiger partial charge in [-0.3, -0.25) is 9.59 Å². The van der Waals surface area contributed by atoms with Gasteiger partial charge in [-0.2, -0.15) is 0 Å². The number of phenols is 1. The average Bonchev–Trinajstić information content (AvgIpc) is 3.37. The molecule has 4 aliphatic carbocycles. The number of nitrogens with zero attached hydrogens (tertiary/aromatic N) is 1. The van der Waals surface area contributed by atoms with Gasteiger partial charge in [-0.1, -0.05) is 30.4 Å². The standard InChI is InChI=1S/C33H35N3O7/c1-36-15-14-32-28-20-6-9-22(37)29(28)43-30(32)33(42-3)13-12-31(32,24(36)17-20)18-23(33)35-26(39)16-19-4-7-21(8-5-19)34-25(38)10-11-27(40)41-2/h4-13,23-24,30,37H,14-18H2,1-3H3,(H,34,38)(H,35,39)/b11-10+/t23-,24-,30-,31-,32+,33-/m1/s1. The van der Waals surface area contributed by atoms with Gasteiger partial charge in [-0.05, 0) is 62.2 Å². The molecule has 224 valence electrons. The summed E-state index contributed by atoms with van der Waals surface area (Å²) in [6.45, 7) is 0.920. The predicted octanol–water partition coefficient (Wildman–Crippen LogP) is 2.39. The summed E-state index contributed by atoms with van der Waals surface area (Å²) in [5.74, 6) is -0.499. The van der Waals surface area contributed by atoms with Crippen molar-refractivity contribution in [2.45, 2.75) is 54.9 Å². The van der Waals surface area contributed by atoms with Gasteiger partial charge in [0.25, 0.3) is 0 Å². The van der Waals surface area contributed by atoms with Crippen LogP contribution in [-0.4, -0.2) is 79.4 Å². The number of aromatic hydroxyl groups is 1. The van der Waals surface area contributed by atoms with E-state index in [0.29, 0.717) is 17.9 Å². The first-order valence-electron chi connectivity index (χ1n) is 14.6. The minimum Gasteiger partial charge on any atom is -0.504 e. The maximum absolute atomic E-state index is 13.5. The highest BCUT2D eigenvalue weighted by Crippen LogP contribution is 2.73. The van der Waals surface area contributed by atoms with Crippen LogP contribution in [0.2, 0.25) is 0 Å². The fourth-order valence-corrected chi connectivity index (χ4v) is 8.75. The van der Waals surface area contributed by atoms with E-state index < -0.39 is 17.5 Å². The molecule has 2 amide bonds. The van der Waals surface area contributed by atoms with Crippen molar-refractivity contribution >= 4 is 23.5 Å². The third kappa shape index (κ3) is 3.75. The molecule has 2 aliphatic heterocycles. The third-order valence-electron chi connectivity index (χ3n) is 10.6. The first kappa shape index (κ1) is 27.7. The number of benzene rings is 2. The molecule has 2 spiro atoms. The number of likely N-dealkylation sites (N-methyl/N-ethyl adjacent to an activating group) is 1. The highest BCUT2D eigenvalue weighted by Gasteiger charge is 2.79. The number of piperidine rings is 1. The number of amides is 2. The fraction of sp³-hybridized carbons (Fsp3) is 0.424. The molecule has 8 rings (SSSR count). The van der Waals surface area contributed by atoms with Gasteiger partial charge in [0.15, 0.2) is 11.5 Å². The number of likely N-dealkylation sites (tertiary alicyclic amines) is 1. The van der Waals surface area contributed by atoms with Crippen LogP contribution in [0.3, 0.4) is 0 Å². The molecule has 10 heteroatoms. The lowest BCUT2D eigenvalue weighted by atomic mass is 9.38. The molecule has 43 heavy (non-hydrogen) atoms. The van der Waals surface area contributed by atoms with E-state index in [1.54, 1.807) is 37.4 Å². The lowest BCUT2D eigenvalue weighted by Crippen LogP contribution is -2.81. The Bertz CT molecular complexity index is 1590. The quantitative estimate of drug-likeness (QED) is 0.257. The number of rotatable bonds is 7. The number of esters is 1. The number of hydrogen-bond acceptors (Lipinski definition) is 8. The zero-order chi connectivity index (χ0) is 30.1. The van der Waals surface area contributed by atoms with Crippen LogP contribution in [0.4, 0.5) is 5.69 Å². The largest absolute Gasteiger partial charge is 0.504 e. The van der Waals surface area contributed by atoms with Crippen molar-refractivity contribution in [1.82, 2.24) is 10.2 Å². The molecule has 0 unspecified atom stereocenters. The van der Waals surface area contributed by atoms with E-state index in [9.17, 15) is 19.5 Å². The second-order valence-electron chi connectivity index (χ2n) is 12.3. The van der Waals surface area contributed by atoms with Crippen molar-refractivity contribution in [3.8, 4) is 11.5 Å². The minimum atomic E-state index is -0.899. The van der Waals surface area contributed by atoms with Crippen LogP contribution >= 0.6 is 0 Å². The predicted molar refractivity (Wildman–Crippen MR) is 157 cm³/mol. The molecule has 0 aromatic heterocycles. The van der Waals surface area contributed by atoms with Crippen molar-refractivity contribution < 1.29 is 33.7 Å². The molecule has 4 bridgehead atoms. The van der Waals surface area contributed by atoms with Crippen molar-refractivity contribution in [2.24, 2.45) is 5.41 Å². The SMILES string of the molecule is COC(=O)/C=C/C(=O)Nc1ccc(CC(=O)N[C@@H]2C[C@@]34C=C[C@]2(OC)[C@@H]2Oc5c(O)ccc6c5[C@@]23CCN(C)[C@@H]4C6)cc1. The lowest BCUT2D eigenvalue weighted by Gasteiger charge is -2.71. The van der Waals surface area contributed by atoms with Crippen molar-refractivity contribution in [3.63, 3.8) is 0 Å². The molecule has 2 heterocycles. The Morgan fingerprint density at radius 1 is 1.12 bits per heavy atom. The lowest BCUT2D eigenvalue weighted by molar-refractivity contribution is -0.200. The van der Waals surface area contributed by atoms with Gasteiger partial charge >= 0.3 is 5.97 Å². The number of phenolic OH excluding ortho intramolecular Hbond substituents is 1. The topological polar surface area (TPSA) is 126 Å². The Kier molecular flexibility index (Phi) is 6.23. The summed E-state index contributed by atoms with van der Waals surface area (Å²) in [7, 11) is 5.09. The number of carbonyl (C=O) groups excluding carboxylic acids is 3. The molecule has 6 atom stereocenters. The second kappa shape index (κ2) is 9.68. The summed E-state index contributed by atoms with van der Waals surface area (Å²) in [6.07, 6.45) is 8.78. The summed E-state index contributed by atoms with van der Waals surface area (Å²) in [6, 6.07) is 10.7. The van der Waals surface area contributed by atoms with E-state index in [-0.39, 0.29) is 47.1 Å². The first-order chi connectivity index (χ1) is 20.7. The van der Waals surface area contributed by atoms with E-state index >= 15 is 0 Å². The number of carbonyl (C=O) groups is 3. The van der Waals surface area contributed by atoms with Crippen molar-refractivity contribution in [2.75, 3.05) is 33.1 Å². The molecule has 2 aromatic carbocycles. The molecule has 1 saturated heterocycles. The smallest absolute Gasteiger partial charge is 0.330 e. The Hall–Kier alpha value is -4.15. The van der Waals surface area contributed by atoms with Gasteiger partial charge in [-0.15, -0.1) is 0 Å². The van der Waals surface area contributed by atoms with Crippen LogP contribution in [0.5, 0.6) is 11.5 Å². The molecule has 3 N–H and O–H groups in total. The average molecular weight is 586 g/mol. The third-order valence-corrected chi connectivity index (χ3v) is 10.6. The summed E-state index contributed by atoms with van der Waals surface area (Å²) >= 11 is 0. The van der Waals surface area contributed by atoms with Gasteiger partial charge in [0, 0.05) is 42.0 Å². The van der Waals surface area contributed by atoms with Crippen molar-refractivity contribution in [3.05, 3.63) is 77.4 Å². The molecule has 2 aromatic rings. The molecule has 0 radical (unpaired) electrons. The molecular weight excluding hydrogens is 550 g/mol. The van der Waals surface area contributed by atoms with Crippen LogP contribution in [0, 0.1) is 5.41 Å². The second-order valence-corrected chi connectivity index (χ2v) is 12.3. The van der Waals surface area contributed by atoms with Gasteiger partial charge in [0.2, 0.25) is 11.8 Å². The number of anilines is 1. The molecule has 1 saturated carbocycles. The van der Waals surface area contributed by atoms with Gasteiger partial charge in [0.05, 0.1) is 25.0 Å². The Morgan fingerprint density at radius 3 is 2.65 bits per heavy atom. The van der Waals surface area contributed by atoms with Crippen LogP contribution in [0.15, 0.2) is 60.7 Å². The van der Waals surface area contributed by atoms with E-state index in [1.807, 2.05) is 6.07 Å². The minimum absolute atomic E-state index is 0.140. The van der Waals surface area contributed by atoms with E-state index in [4.69, 9.17) is 9.47 Å². The maximum Gasteiger partial charge on any atom is 0.330 e. The Labute approximate surface area is 249 Å². The zero-order valence-electron chi connectivity index (χ0n) is 24.4. The Morgan fingerprint density at radius 2 is 1.91 bits per heavy atom. The van der Waals surface area contributed by atoms with Crippen LogP contribution < -0.4 is 15.4 Å². The molecule has 6 aliphatic rings. The first-order valence-corrected chi connectivity index (χ1v) is 14.6. The van der Waals surface area contributed by atoms with Gasteiger partial charge < -0.3 is 34.9 Å². The zero-order valence-corrected chi connectivity index (χ0v) is 24.4. The Balaban J connectivity index is 1.13. The molecule has 10 nitrogen and oxygen atoms in total. The highest BCUT2D eigenvalue weighted by molar-refractivity contribution is 6.02. The number of fused-ring (bicyclic) bond motifs is 1. The molecule has 2 fully saturated rings. The fourth-order valence-electron chi connectivity index (χ4n) is 8.75. The summed E-state index contributed by atoms with van der Waals surface area (Å²) in [4.78, 5) is 39.2.